The van der Waals surface area contributed by atoms with Gasteiger partial charge in [0.15, 0.2) is 0 Å². The van der Waals surface area contributed by atoms with Gasteiger partial charge >= 0.3 is 11.9 Å². The molecule has 3 rings (SSSR count). The number of aliphatic carboxylic acids is 1. The number of carbonyl (C=O) groups is 3. The zero-order chi connectivity index (χ0) is 24.6. The van der Waals surface area contributed by atoms with E-state index in [1.807, 2.05) is 6.92 Å². The van der Waals surface area contributed by atoms with E-state index in [4.69, 9.17) is 4.74 Å². The highest BCUT2D eigenvalue weighted by atomic mass is 16.5. The number of carboxylic acid groups (broad SMARTS) is 1. The first kappa shape index (κ1) is 26.2. The first-order chi connectivity index (χ1) is 15.4. The Kier molecular flexibility index (Phi) is 8.01. The zero-order valence-corrected chi connectivity index (χ0v) is 21.7. The molecule has 0 aliphatic heterocycles. The van der Waals surface area contributed by atoms with Crippen molar-refractivity contribution in [1.29, 1.82) is 0 Å². The van der Waals surface area contributed by atoms with Crippen LogP contribution >= 0.6 is 0 Å². The van der Waals surface area contributed by atoms with Crippen LogP contribution in [0.25, 0.3) is 0 Å². The van der Waals surface area contributed by atoms with Gasteiger partial charge in [-0.25, -0.2) is 0 Å². The molecule has 5 heteroatoms. The number of fused-ring (bicyclic) bond motifs is 1. The van der Waals surface area contributed by atoms with Gasteiger partial charge in [-0.2, -0.15) is 0 Å². The molecule has 0 unspecified atom stereocenters. The lowest BCUT2D eigenvalue weighted by Crippen LogP contribution is -2.54. The van der Waals surface area contributed by atoms with E-state index in [0.29, 0.717) is 24.7 Å². The first-order valence-corrected chi connectivity index (χ1v) is 13.3. The van der Waals surface area contributed by atoms with Gasteiger partial charge in [0.2, 0.25) is 0 Å². The minimum atomic E-state index is -0.722. The molecule has 33 heavy (non-hydrogen) atoms. The zero-order valence-electron chi connectivity index (χ0n) is 21.7. The number of hydrogen-bond donors (Lipinski definition) is 1. The van der Waals surface area contributed by atoms with Crippen LogP contribution < -0.4 is 0 Å². The predicted octanol–water partition coefficient (Wildman–Crippen LogP) is 6.28. The van der Waals surface area contributed by atoms with Crippen molar-refractivity contribution in [3.8, 4) is 0 Å². The average molecular weight is 463 g/mol. The Labute approximate surface area is 200 Å². The molecule has 3 saturated carbocycles. The fraction of sp³-hybridized carbons (Fsp3) is 0.893. The number of ether oxygens (including phenoxy) is 1. The molecule has 3 aliphatic carbocycles. The second kappa shape index (κ2) is 10.1. The summed E-state index contributed by atoms with van der Waals surface area (Å²) in [6.07, 6.45) is 8.73. The Morgan fingerprint density at radius 3 is 2.30 bits per heavy atom. The summed E-state index contributed by atoms with van der Waals surface area (Å²) in [6.45, 7) is 12.6. The number of hydrogen-bond acceptors (Lipinski definition) is 4. The second-order valence-electron chi connectivity index (χ2n) is 12.4. The van der Waals surface area contributed by atoms with Crippen molar-refractivity contribution < 1.29 is 24.2 Å². The average Bonchev–Trinajstić information content (AvgIpc) is 3.06. The summed E-state index contributed by atoms with van der Waals surface area (Å²) in [5, 5.41) is 10.4. The van der Waals surface area contributed by atoms with Gasteiger partial charge in [-0.1, -0.05) is 53.9 Å². The van der Waals surface area contributed by atoms with Crippen molar-refractivity contribution in [2.24, 2.45) is 46.3 Å². The molecule has 0 saturated heterocycles. The number of esters is 1. The minimum Gasteiger partial charge on any atom is -0.481 e. The van der Waals surface area contributed by atoms with Gasteiger partial charge in [0.25, 0.3) is 0 Å². The third kappa shape index (κ3) is 5.17. The smallest absolute Gasteiger partial charge is 0.307 e. The highest BCUT2D eigenvalue weighted by Crippen LogP contribution is 2.64. The van der Waals surface area contributed by atoms with Crippen LogP contribution in [-0.2, 0) is 19.1 Å². The molecule has 0 bridgehead atoms. The number of carboxylic acids is 1. The molecule has 0 amide bonds. The van der Waals surface area contributed by atoms with Crippen LogP contribution in [0.2, 0.25) is 0 Å². The molecular formula is C28H46O5. The fourth-order valence-electron chi connectivity index (χ4n) is 8.09. The third-order valence-electron chi connectivity index (χ3n) is 9.94. The summed E-state index contributed by atoms with van der Waals surface area (Å²) in [5.41, 5.74) is -0.590. The highest BCUT2D eigenvalue weighted by Gasteiger charge is 2.61. The molecular weight excluding hydrogens is 416 g/mol. The van der Waals surface area contributed by atoms with E-state index in [0.717, 1.165) is 31.6 Å². The second-order valence-corrected chi connectivity index (χ2v) is 12.4. The quantitative estimate of drug-likeness (QED) is 0.429. The van der Waals surface area contributed by atoms with Gasteiger partial charge in [-0.05, 0) is 73.5 Å². The van der Waals surface area contributed by atoms with E-state index < -0.39 is 17.3 Å². The van der Waals surface area contributed by atoms with Crippen LogP contribution in [0.3, 0.4) is 0 Å². The molecule has 3 aliphatic rings. The Morgan fingerprint density at radius 2 is 1.73 bits per heavy atom. The van der Waals surface area contributed by atoms with E-state index >= 15 is 0 Å². The standard InChI is InChI=1S/C28H46O5/c1-17(2)8-7-9-18(3)21-10-11-22-25(26(31)32)23(13-15-27(21,22)5)28(6)14-12-20(16-24(28)30)33-19(4)29/h17-18,20-23,25H,7-16H2,1-6H3,(H,31,32)/t18-,20+,21-,22+,23+,25-,27-,28-/m1/s1. The highest BCUT2D eigenvalue weighted by molar-refractivity contribution is 5.87. The van der Waals surface area contributed by atoms with Crippen LogP contribution in [0.1, 0.15) is 106 Å². The molecule has 3 fully saturated rings. The van der Waals surface area contributed by atoms with Crippen molar-refractivity contribution in [3.63, 3.8) is 0 Å². The molecule has 0 radical (unpaired) electrons. The van der Waals surface area contributed by atoms with E-state index in [-0.39, 0.29) is 41.5 Å². The fourth-order valence-corrected chi connectivity index (χ4v) is 8.09. The molecule has 5 nitrogen and oxygen atoms in total. The normalized spacial score (nSPS) is 39.8. The molecule has 0 spiro atoms. The summed E-state index contributed by atoms with van der Waals surface area (Å²) in [7, 11) is 0. The Morgan fingerprint density at radius 1 is 1.03 bits per heavy atom. The number of carbonyl (C=O) groups excluding carboxylic acids is 2. The van der Waals surface area contributed by atoms with Crippen LogP contribution in [0.15, 0.2) is 0 Å². The maximum Gasteiger partial charge on any atom is 0.307 e. The van der Waals surface area contributed by atoms with E-state index in [2.05, 4.69) is 27.7 Å². The summed E-state index contributed by atoms with van der Waals surface area (Å²) in [5.74, 6) is 0.461. The van der Waals surface area contributed by atoms with Crippen molar-refractivity contribution >= 4 is 17.7 Å². The molecule has 0 heterocycles. The van der Waals surface area contributed by atoms with Gasteiger partial charge in [0, 0.05) is 18.8 Å². The molecule has 188 valence electrons. The maximum atomic E-state index is 13.3. The molecule has 1 N–H and O–H groups in total. The molecule has 0 aromatic carbocycles. The lowest BCUT2D eigenvalue weighted by atomic mass is 9.50. The van der Waals surface area contributed by atoms with Crippen molar-refractivity contribution in [2.75, 3.05) is 0 Å². The Bertz CT molecular complexity index is 745. The predicted molar refractivity (Wildman–Crippen MR) is 129 cm³/mol. The minimum absolute atomic E-state index is 0.0468. The van der Waals surface area contributed by atoms with E-state index in [1.165, 1.54) is 26.2 Å². The van der Waals surface area contributed by atoms with Crippen LogP contribution in [0, 0.1) is 46.3 Å². The van der Waals surface area contributed by atoms with Crippen molar-refractivity contribution in [3.05, 3.63) is 0 Å². The Balaban J connectivity index is 1.77. The summed E-state index contributed by atoms with van der Waals surface area (Å²) in [6, 6.07) is 0. The van der Waals surface area contributed by atoms with Gasteiger partial charge in [0.1, 0.15) is 11.9 Å². The monoisotopic (exact) mass is 462 g/mol. The number of ketones is 1. The first-order valence-electron chi connectivity index (χ1n) is 13.3. The summed E-state index contributed by atoms with van der Waals surface area (Å²) >= 11 is 0. The summed E-state index contributed by atoms with van der Waals surface area (Å²) in [4.78, 5) is 37.4. The number of Topliss-reactive ketones (excluding diaryl/α,β-unsaturated/α-hetero) is 1. The van der Waals surface area contributed by atoms with Crippen LogP contribution in [-0.4, -0.2) is 28.9 Å². The van der Waals surface area contributed by atoms with Crippen LogP contribution in [0.4, 0.5) is 0 Å². The van der Waals surface area contributed by atoms with E-state index in [9.17, 15) is 19.5 Å². The van der Waals surface area contributed by atoms with Crippen LogP contribution in [0.5, 0.6) is 0 Å². The van der Waals surface area contributed by atoms with Crippen molar-refractivity contribution in [1.82, 2.24) is 0 Å². The number of rotatable bonds is 8. The SMILES string of the molecule is CC(=O)O[C@H]1CC[C@](C)([C@H]2CC[C@]3(C)[C@@H]([C@H](C)CCCC(C)C)CC[C@H]3[C@H]2C(=O)O)C(=O)C1. The lowest BCUT2D eigenvalue weighted by Gasteiger charge is -2.53. The van der Waals surface area contributed by atoms with Gasteiger partial charge in [-0.15, -0.1) is 0 Å². The third-order valence-corrected chi connectivity index (χ3v) is 9.94. The van der Waals surface area contributed by atoms with Gasteiger partial charge in [-0.3, -0.25) is 14.4 Å². The van der Waals surface area contributed by atoms with E-state index in [1.54, 1.807) is 0 Å². The molecule has 0 aromatic heterocycles. The molecule has 8 atom stereocenters. The lowest BCUT2D eigenvalue weighted by molar-refractivity contribution is -0.165. The van der Waals surface area contributed by atoms with Gasteiger partial charge in [0.05, 0.1) is 5.92 Å². The van der Waals surface area contributed by atoms with Crippen molar-refractivity contribution in [2.45, 2.75) is 112 Å². The summed E-state index contributed by atoms with van der Waals surface area (Å²) < 4.78 is 5.31. The molecule has 0 aromatic rings. The maximum absolute atomic E-state index is 13.3. The van der Waals surface area contributed by atoms with Gasteiger partial charge < -0.3 is 9.84 Å². The Hall–Kier alpha value is -1.39. The largest absolute Gasteiger partial charge is 0.481 e. The topological polar surface area (TPSA) is 80.7 Å².